The minimum atomic E-state index is -1.98. The minimum absolute atomic E-state index is 0.263. The van der Waals surface area contributed by atoms with Crippen LogP contribution in [-0.2, 0) is 0 Å². The highest BCUT2D eigenvalue weighted by atomic mass is 28.3. The zero-order valence-corrected chi connectivity index (χ0v) is 15.7. The largest absolute Gasteiger partial charge is 0.478 e. The number of hydrogen-bond acceptors (Lipinski definition) is 1. The number of nitrogens with zero attached hydrogens (tertiary/aromatic N) is 1. The normalized spacial score (nSPS) is 12.8. The van der Waals surface area contributed by atoms with Gasteiger partial charge in [-0.1, -0.05) is 41.5 Å². The van der Waals surface area contributed by atoms with Gasteiger partial charge in [-0.25, -0.2) is 9.18 Å². The van der Waals surface area contributed by atoms with Crippen molar-refractivity contribution in [3.63, 3.8) is 0 Å². The summed E-state index contributed by atoms with van der Waals surface area (Å²) in [6.45, 7) is 13.5. The minimum Gasteiger partial charge on any atom is -0.478 e. The van der Waals surface area contributed by atoms with Crippen LogP contribution in [0.4, 0.5) is 4.39 Å². The Balaban J connectivity index is 2.81. The predicted molar refractivity (Wildman–Crippen MR) is 95.3 cm³/mol. The van der Waals surface area contributed by atoms with E-state index in [1.807, 2.05) is 6.20 Å². The molecule has 2 aromatic rings. The van der Waals surface area contributed by atoms with Gasteiger partial charge in [0.15, 0.2) is 8.24 Å². The first-order valence-electron chi connectivity index (χ1n) is 8.18. The molecule has 126 valence electrons. The molecule has 1 aromatic carbocycles. The maximum Gasteiger partial charge on any atom is 0.338 e. The summed E-state index contributed by atoms with van der Waals surface area (Å²) in [6.07, 6.45) is 1.96. The van der Waals surface area contributed by atoms with E-state index in [0.29, 0.717) is 22.0 Å². The molecule has 1 heterocycles. The molecule has 2 rings (SSSR count). The van der Waals surface area contributed by atoms with Crippen molar-refractivity contribution in [2.75, 3.05) is 0 Å². The zero-order valence-electron chi connectivity index (χ0n) is 14.7. The van der Waals surface area contributed by atoms with Crippen LogP contribution in [0.2, 0.25) is 16.6 Å². The Bertz CT molecular complexity index is 712. The zero-order chi connectivity index (χ0) is 17.5. The molecule has 0 fully saturated rings. The fourth-order valence-corrected chi connectivity index (χ4v) is 11.1. The highest BCUT2D eigenvalue weighted by Crippen LogP contribution is 2.44. The van der Waals surface area contributed by atoms with Crippen LogP contribution >= 0.6 is 0 Å². The van der Waals surface area contributed by atoms with E-state index in [9.17, 15) is 9.18 Å². The van der Waals surface area contributed by atoms with E-state index in [4.69, 9.17) is 5.11 Å². The molecular weight excluding hydrogens is 309 g/mol. The van der Waals surface area contributed by atoms with Crippen LogP contribution in [-0.4, -0.2) is 23.5 Å². The molecule has 0 aliphatic rings. The molecule has 1 aromatic heterocycles. The highest BCUT2D eigenvalue weighted by Gasteiger charge is 2.45. The van der Waals surface area contributed by atoms with Gasteiger partial charge in [-0.05, 0) is 41.0 Å². The molecule has 0 amide bonds. The molecule has 0 bridgehead atoms. The number of fused-ring (bicyclic) bond motifs is 1. The van der Waals surface area contributed by atoms with Crippen molar-refractivity contribution in [2.24, 2.45) is 0 Å². The quantitative estimate of drug-likeness (QED) is 0.733. The summed E-state index contributed by atoms with van der Waals surface area (Å²) in [5, 5.41) is 9.52. The maximum absolute atomic E-state index is 14.5. The molecular formula is C18H26FNO2Si. The van der Waals surface area contributed by atoms with E-state index in [-0.39, 0.29) is 5.56 Å². The Hall–Kier alpha value is -1.62. The van der Waals surface area contributed by atoms with E-state index >= 15 is 0 Å². The van der Waals surface area contributed by atoms with Gasteiger partial charge in [0.25, 0.3) is 0 Å². The van der Waals surface area contributed by atoms with E-state index in [1.54, 1.807) is 12.1 Å². The van der Waals surface area contributed by atoms with Gasteiger partial charge >= 0.3 is 5.97 Å². The average molecular weight is 335 g/mol. The fraction of sp³-hybridized carbons (Fsp3) is 0.500. The third kappa shape index (κ3) is 2.51. The lowest BCUT2D eigenvalue weighted by Gasteiger charge is -2.44. The van der Waals surface area contributed by atoms with Crippen molar-refractivity contribution in [3.05, 3.63) is 35.8 Å². The van der Waals surface area contributed by atoms with Gasteiger partial charge in [-0.3, -0.25) is 0 Å². The van der Waals surface area contributed by atoms with E-state index in [1.165, 1.54) is 6.07 Å². The van der Waals surface area contributed by atoms with Crippen molar-refractivity contribution in [1.29, 1.82) is 0 Å². The lowest BCUT2D eigenvalue weighted by molar-refractivity contribution is 0.0692. The Morgan fingerprint density at radius 1 is 1.04 bits per heavy atom. The summed E-state index contributed by atoms with van der Waals surface area (Å²) in [4.78, 5) is 11.2. The molecule has 0 unspecified atom stereocenters. The Morgan fingerprint density at radius 2 is 1.57 bits per heavy atom. The van der Waals surface area contributed by atoms with Crippen molar-refractivity contribution in [3.8, 4) is 0 Å². The Kier molecular flexibility index (Phi) is 4.71. The van der Waals surface area contributed by atoms with Crippen molar-refractivity contribution >= 4 is 25.1 Å². The number of carboxylic acids is 1. The van der Waals surface area contributed by atoms with Gasteiger partial charge in [0, 0.05) is 10.9 Å². The molecule has 0 saturated carbocycles. The van der Waals surface area contributed by atoms with Gasteiger partial charge in [0.1, 0.15) is 5.82 Å². The molecule has 0 radical (unpaired) electrons. The van der Waals surface area contributed by atoms with Gasteiger partial charge in [0.2, 0.25) is 0 Å². The molecule has 1 N–H and O–H groups in total. The lowest BCUT2D eigenvalue weighted by atomic mass is 10.1. The van der Waals surface area contributed by atoms with Crippen LogP contribution in [0, 0.1) is 5.82 Å². The molecule has 5 heteroatoms. The number of carbonyl (C=O) groups is 1. The van der Waals surface area contributed by atoms with Crippen LogP contribution < -0.4 is 0 Å². The second-order valence-electron chi connectivity index (χ2n) is 7.20. The van der Waals surface area contributed by atoms with Crippen molar-refractivity contribution in [1.82, 2.24) is 4.23 Å². The second kappa shape index (κ2) is 6.11. The number of halogens is 1. The molecule has 23 heavy (non-hydrogen) atoms. The van der Waals surface area contributed by atoms with E-state index in [2.05, 4.69) is 45.8 Å². The van der Waals surface area contributed by atoms with Crippen molar-refractivity contribution in [2.45, 2.75) is 58.2 Å². The first-order chi connectivity index (χ1) is 10.7. The summed E-state index contributed by atoms with van der Waals surface area (Å²) in [6, 6.07) is 4.87. The standard InChI is InChI=1S/C18H26FNO2Si/c1-11(2)23(12(3)4,13(5)6)20-10-9-14-16(20)8-7-15(17(14)19)18(21)22/h7-13H,1-6H3,(H,21,22). The van der Waals surface area contributed by atoms with Crippen LogP contribution in [0.15, 0.2) is 24.4 Å². The second-order valence-corrected chi connectivity index (χ2v) is 12.9. The van der Waals surface area contributed by atoms with Gasteiger partial charge in [0.05, 0.1) is 5.56 Å². The fourth-order valence-electron chi connectivity index (χ4n) is 4.52. The number of aromatic carboxylic acids is 1. The molecule has 0 aliphatic heterocycles. The number of carboxylic acid groups (broad SMARTS) is 1. The van der Waals surface area contributed by atoms with Crippen LogP contribution in [0.1, 0.15) is 51.9 Å². The lowest BCUT2D eigenvalue weighted by Crippen LogP contribution is -2.51. The van der Waals surface area contributed by atoms with Gasteiger partial charge in [-0.15, -0.1) is 0 Å². The van der Waals surface area contributed by atoms with Crippen LogP contribution in [0.25, 0.3) is 10.9 Å². The van der Waals surface area contributed by atoms with Gasteiger partial charge < -0.3 is 9.34 Å². The molecule has 0 spiro atoms. The summed E-state index contributed by atoms with van der Waals surface area (Å²) < 4.78 is 16.8. The first kappa shape index (κ1) is 17.7. The molecule has 0 saturated heterocycles. The van der Waals surface area contributed by atoms with Crippen LogP contribution in [0.3, 0.4) is 0 Å². The number of hydrogen-bond donors (Lipinski definition) is 1. The number of benzene rings is 1. The van der Waals surface area contributed by atoms with Crippen LogP contribution in [0.5, 0.6) is 0 Å². The molecule has 3 nitrogen and oxygen atoms in total. The monoisotopic (exact) mass is 335 g/mol. The third-order valence-corrected chi connectivity index (χ3v) is 12.0. The average Bonchev–Trinajstić information content (AvgIpc) is 2.83. The maximum atomic E-state index is 14.5. The summed E-state index contributed by atoms with van der Waals surface area (Å²) >= 11 is 0. The summed E-state index contributed by atoms with van der Waals surface area (Å²) in [5.74, 6) is -1.86. The SMILES string of the molecule is CC(C)[Si](C(C)C)(C(C)C)n1ccc2c(F)c(C(=O)O)ccc21. The topological polar surface area (TPSA) is 42.2 Å². The predicted octanol–water partition coefficient (Wildman–Crippen LogP) is 5.50. The summed E-state index contributed by atoms with van der Waals surface area (Å²) in [5.41, 5.74) is 2.01. The highest BCUT2D eigenvalue weighted by molar-refractivity contribution is 6.82. The van der Waals surface area contributed by atoms with Gasteiger partial charge in [-0.2, -0.15) is 0 Å². The molecule has 0 atom stereocenters. The number of rotatable bonds is 5. The Labute approximate surface area is 138 Å². The smallest absolute Gasteiger partial charge is 0.338 e. The van der Waals surface area contributed by atoms with E-state index < -0.39 is 20.0 Å². The summed E-state index contributed by atoms with van der Waals surface area (Å²) in [7, 11) is -1.98. The Morgan fingerprint density at radius 3 is 2.00 bits per heavy atom. The first-order valence-corrected chi connectivity index (χ1v) is 10.4. The van der Waals surface area contributed by atoms with Crippen molar-refractivity contribution < 1.29 is 14.3 Å². The number of aromatic nitrogens is 1. The van der Waals surface area contributed by atoms with E-state index in [0.717, 1.165) is 5.52 Å². The third-order valence-electron chi connectivity index (χ3n) is 5.23. The molecule has 0 aliphatic carbocycles.